The Kier molecular flexibility index (Phi) is 5.20. The largest absolute Gasteiger partial charge is 0.381 e. The Morgan fingerprint density at radius 2 is 2.05 bits per heavy atom. The van der Waals surface area contributed by atoms with E-state index in [1.54, 1.807) is 37.4 Å². The van der Waals surface area contributed by atoms with Gasteiger partial charge < -0.3 is 10.6 Å². The van der Waals surface area contributed by atoms with Gasteiger partial charge in [-0.05, 0) is 51.8 Å². The van der Waals surface area contributed by atoms with Crippen LogP contribution in [0, 0.1) is 5.82 Å². The molecule has 0 aliphatic rings. The van der Waals surface area contributed by atoms with E-state index < -0.39 is 0 Å². The van der Waals surface area contributed by atoms with E-state index in [9.17, 15) is 9.18 Å². The van der Waals surface area contributed by atoms with Gasteiger partial charge in [-0.3, -0.25) is 4.79 Å². The van der Waals surface area contributed by atoms with Crippen LogP contribution in [-0.4, -0.2) is 13.0 Å². The molecule has 0 saturated carbocycles. The molecule has 21 heavy (non-hydrogen) atoms. The maximum absolute atomic E-state index is 13.2. The van der Waals surface area contributed by atoms with Crippen molar-refractivity contribution in [2.45, 2.75) is 6.54 Å². The van der Waals surface area contributed by atoms with Crippen molar-refractivity contribution in [2.75, 3.05) is 12.4 Å². The maximum atomic E-state index is 13.2. The number of halogens is 3. The number of hydrogen-bond acceptors (Lipinski definition) is 2. The van der Waals surface area contributed by atoms with Crippen LogP contribution in [0.25, 0.3) is 0 Å². The minimum Gasteiger partial charge on any atom is -0.381 e. The summed E-state index contributed by atoms with van der Waals surface area (Å²) in [5.41, 5.74) is 2.09. The summed E-state index contributed by atoms with van der Waals surface area (Å²) in [7, 11) is 1.55. The number of benzene rings is 2. The van der Waals surface area contributed by atoms with Crippen LogP contribution in [0.15, 0.2) is 40.9 Å². The molecular weight excluding hydrogens is 359 g/mol. The number of carbonyl (C=O) groups is 1. The van der Waals surface area contributed by atoms with Crippen molar-refractivity contribution in [3.05, 3.63) is 62.8 Å². The summed E-state index contributed by atoms with van der Waals surface area (Å²) in [5.74, 6) is -0.541. The van der Waals surface area contributed by atoms with Crippen molar-refractivity contribution in [3.8, 4) is 0 Å². The van der Waals surface area contributed by atoms with E-state index in [1.165, 1.54) is 6.07 Å². The van der Waals surface area contributed by atoms with E-state index in [0.717, 1.165) is 11.3 Å². The third-order valence-corrected chi connectivity index (χ3v) is 3.86. The summed E-state index contributed by atoms with van der Waals surface area (Å²) in [4.78, 5) is 11.7. The first-order valence-electron chi connectivity index (χ1n) is 6.20. The fraction of sp³-hybridized carbons (Fsp3) is 0.133. The first-order chi connectivity index (χ1) is 10.0. The van der Waals surface area contributed by atoms with Crippen molar-refractivity contribution in [1.29, 1.82) is 0 Å². The van der Waals surface area contributed by atoms with Crippen molar-refractivity contribution in [1.82, 2.24) is 5.32 Å². The van der Waals surface area contributed by atoms with Gasteiger partial charge >= 0.3 is 0 Å². The summed E-state index contributed by atoms with van der Waals surface area (Å²) in [6.45, 7) is 0.508. The summed E-state index contributed by atoms with van der Waals surface area (Å²) in [5, 5.41) is 6.10. The SMILES string of the molecule is CNC(=O)c1cc(NCc2ccc(F)c(Br)c2)ccc1Cl. The first kappa shape index (κ1) is 15.8. The monoisotopic (exact) mass is 370 g/mol. The molecule has 110 valence electrons. The Labute approximate surface area is 135 Å². The minimum absolute atomic E-state index is 0.242. The van der Waals surface area contributed by atoms with Gasteiger partial charge in [-0.25, -0.2) is 4.39 Å². The van der Waals surface area contributed by atoms with Gasteiger partial charge in [-0.1, -0.05) is 17.7 Å². The van der Waals surface area contributed by atoms with E-state index in [0.29, 0.717) is 21.6 Å². The standard InChI is InChI=1S/C15H13BrClFN2O/c1-19-15(21)11-7-10(3-4-13(11)17)20-8-9-2-5-14(18)12(16)6-9/h2-7,20H,8H2,1H3,(H,19,21). The molecule has 0 aliphatic heterocycles. The lowest BCUT2D eigenvalue weighted by Crippen LogP contribution is -2.18. The third-order valence-electron chi connectivity index (χ3n) is 2.92. The van der Waals surface area contributed by atoms with Gasteiger partial charge in [0.05, 0.1) is 15.1 Å². The van der Waals surface area contributed by atoms with Crippen molar-refractivity contribution in [3.63, 3.8) is 0 Å². The molecule has 2 aromatic rings. The third kappa shape index (κ3) is 3.95. The Morgan fingerprint density at radius 3 is 2.71 bits per heavy atom. The Morgan fingerprint density at radius 1 is 1.29 bits per heavy atom. The molecule has 2 rings (SSSR count). The molecule has 0 atom stereocenters. The number of anilines is 1. The molecule has 0 spiro atoms. The summed E-state index contributed by atoms with van der Waals surface area (Å²) >= 11 is 9.14. The van der Waals surface area contributed by atoms with E-state index in [1.807, 2.05) is 0 Å². The fourth-order valence-electron chi connectivity index (χ4n) is 1.80. The molecule has 3 nitrogen and oxygen atoms in total. The molecule has 1 amide bonds. The summed E-state index contributed by atoms with van der Waals surface area (Å²) in [6.07, 6.45) is 0. The van der Waals surface area contributed by atoms with E-state index in [4.69, 9.17) is 11.6 Å². The van der Waals surface area contributed by atoms with Crippen molar-refractivity contribution >= 4 is 39.1 Å². The van der Waals surface area contributed by atoms with Gasteiger partial charge in [-0.2, -0.15) is 0 Å². The topological polar surface area (TPSA) is 41.1 Å². The average Bonchev–Trinajstić information content (AvgIpc) is 2.49. The summed E-state index contributed by atoms with van der Waals surface area (Å²) < 4.78 is 13.6. The van der Waals surface area contributed by atoms with Crippen LogP contribution in [0.2, 0.25) is 5.02 Å². The van der Waals surface area contributed by atoms with Crippen LogP contribution < -0.4 is 10.6 Å². The van der Waals surface area contributed by atoms with E-state index in [-0.39, 0.29) is 11.7 Å². The van der Waals surface area contributed by atoms with Crippen LogP contribution in [0.4, 0.5) is 10.1 Å². The fourth-order valence-corrected chi connectivity index (χ4v) is 2.43. The van der Waals surface area contributed by atoms with E-state index in [2.05, 4.69) is 26.6 Å². The van der Waals surface area contributed by atoms with Crippen molar-refractivity contribution < 1.29 is 9.18 Å². The quantitative estimate of drug-likeness (QED) is 0.845. The highest BCUT2D eigenvalue weighted by atomic mass is 79.9. The zero-order valence-corrected chi connectivity index (χ0v) is 13.6. The molecule has 0 aromatic heterocycles. The second kappa shape index (κ2) is 6.91. The number of nitrogens with one attached hydrogen (secondary N) is 2. The normalized spacial score (nSPS) is 10.3. The lowest BCUT2D eigenvalue weighted by atomic mass is 10.1. The molecule has 6 heteroatoms. The number of carbonyl (C=O) groups excluding carboxylic acids is 1. The average molecular weight is 372 g/mol. The second-order valence-electron chi connectivity index (χ2n) is 4.38. The molecule has 0 radical (unpaired) electrons. The van der Waals surface area contributed by atoms with Gasteiger partial charge in [0.25, 0.3) is 5.91 Å². The van der Waals surface area contributed by atoms with Crippen LogP contribution in [-0.2, 0) is 6.54 Å². The summed E-state index contributed by atoms with van der Waals surface area (Å²) in [6, 6.07) is 9.93. The van der Waals surface area contributed by atoms with Crippen LogP contribution >= 0.6 is 27.5 Å². The van der Waals surface area contributed by atoms with Gasteiger partial charge in [0.15, 0.2) is 0 Å². The molecule has 0 bridgehead atoms. The predicted molar refractivity (Wildman–Crippen MR) is 86.3 cm³/mol. The first-order valence-corrected chi connectivity index (χ1v) is 7.38. The lowest BCUT2D eigenvalue weighted by molar-refractivity contribution is 0.0963. The molecule has 0 aliphatic carbocycles. The number of amides is 1. The van der Waals surface area contributed by atoms with Gasteiger partial charge in [0.1, 0.15) is 5.82 Å². The maximum Gasteiger partial charge on any atom is 0.252 e. The predicted octanol–water partition coefficient (Wildman–Crippen LogP) is 4.21. The lowest BCUT2D eigenvalue weighted by Gasteiger charge is -2.10. The molecular formula is C15H13BrClFN2O. The molecule has 0 unspecified atom stereocenters. The molecule has 0 fully saturated rings. The highest BCUT2D eigenvalue weighted by Crippen LogP contribution is 2.22. The number of rotatable bonds is 4. The Bertz CT molecular complexity index is 679. The molecule has 0 heterocycles. The van der Waals surface area contributed by atoms with E-state index >= 15 is 0 Å². The highest BCUT2D eigenvalue weighted by Gasteiger charge is 2.09. The second-order valence-corrected chi connectivity index (χ2v) is 5.64. The van der Waals surface area contributed by atoms with Gasteiger partial charge in [0, 0.05) is 19.3 Å². The zero-order valence-electron chi connectivity index (χ0n) is 11.2. The Balaban J connectivity index is 2.13. The van der Waals surface area contributed by atoms with Crippen LogP contribution in [0.5, 0.6) is 0 Å². The molecule has 2 aromatic carbocycles. The van der Waals surface area contributed by atoms with Crippen LogP contribution in [0.1, 0.15) is 15.9 Å². The minimum atomic E-state index is -0.299. The van der Waals surface area contributed by atoms with Gasteiger partial charge in [-0.15, -0.1) is 0 Å². The number of hydrogen-bond donors (Lipinski definition) is 2. The smallest absolute Gasteiger partial charge is 0.252 e. The highest BCUT2D eigenvalue weighted by molar-refractivity contribution is 9.10. The molecule has 2 N–H and O–H groups in total. The van der Waals surface area contributed by atoms with Gasteiger partial charge in [0.2, 0.25) is 0 Å². The van der Waals surface area contributed by atoms with Crippen LogP contribution in [0.3, 0.4) is 0 Å². The molecule has 0 saturated heterocycles. The van der Waals surface area contributed by atoms with Crippen molar-refractivity contribution in [2.24, 2.45) is 0 Å². The Hall–Kier alpha value is -1.59. The zero-order chi connectivity index (χ0) is 15.4.